The van der Waals surface area contributed by atoms with E-state index in [1.54, 1.807) is 23.1 Å². The lowest BCUT2D eigenvalue weighted by Crippen LogP contribution is -2.41. The lowest BCUT2D eigenvalue weighted by Gasteiger charge is -2.32. The molecule has 1 saturated heterocycles. The van der Waals surface area contributed by atoms with Crippen LogP contribution in [0.25, 0.3) is 0 Å². The normalized spacial score (nSPS) is 17.4. The molecule has 0 saturated carbocycles. The molecule has 2 aliphatic rings. The van der Waals surface area contributed by atoms with Crippen molar-refractivity contribution in [1.82, 2.24) is 9.80 Å². The maximum atomic E-state index is 12.9. The zero-order valence-electron chi connectivity index (χ0n) is 16.5. The van der Waals surface area contributed by atoms with Crippen molar-refractivity contribution in [2.75, 3.05) is 32.8 Å². The van der Waals surface area contributed by atoms with Crippen molar-refractivity contribution < 1.29 is 19.1 Å². The molecule has 3 amide bonds. The standard InChI is InChI=1S/C21H29N3O4/c1-2-3-10-24-20(26)17-6-5-15(14-18(17)21(24)27)19(25)23-11-7-16(8-12-23)28-13-4-9-22/h5-6,14,16H,2-4,7-13,22H2,1H3. The number of hydrogen-bond donors (Lipinski definition) is 1. The molecule has 0 spiro atoms. The van der Waals surface area contributed by atoms with Gasteiger partial charge in [0.2, 0.25) is 0 Å². The Morgan fingerprint density at radius 1 is 1.14 bits per heavy atom. The number of amides is 3. The first-order chi connectivity index (χ1) is 13.6. The Balaban J connectivity index is 1.63. The second-order valence-corrected chi connectivity index (χ2v) is 7.38. The molecule has 0 bridgehead atoms. The number of carbonyl (C=O) groups is 3. The molecule has 7 heteroatoms. The first-order valence-corrected chi connectivity index (χ1v) is 10.2. The van der Waals surface area contributed by atoms with Crippen molar-refractivity contribution in [3.05, 3.63) is 34.9 Å². The van der Waals surface area contributed by atoms with Gasteiger partial charge in [0.25, 0.3) is 17.7 Å². The molecule has 1 aromatic carbocycles. The minimum Gasteiger partial charge on any atom is -0.378 e. The second-order valence-electron chi connectivity index (χ2n) is 7.38. The lowest BCUT2D eigenvalue weighted by molar-refractivity contribution is 0.00844. The van der Waals surface area contributed by atoms with Crippen LogP contribution in [0, 0.1) is 0 Å². The highest BCUT2D eigenvalue weighted by Crippen LogP contribution is 2.25. The molecule has 1 aromatic rings. The molecule has 0 unspecified atom stereocenters. The Hall–Kier alpha value is -2.25. The molecule has 0 atom stereocenters. The maximum Gasteiger partial charge on any atom is 0.261 e. The van der Waals surface area contributed by atoms with Crippen LogP contribution in [0.1, 0.15) is 70.1 Å². The number of piperidine rings is 1. The van der Waals surface area contributed by atoms with Gasteiger partial charge in [-0.15, -0.1) is 0 Å². The SMILES string of the molecule is CCCCN1C(=O)c2ccc(C(=O)N3CCC(OCCCN)CC3)cc2C1=O. The predicted octanol–water partition coefficient (Wildman–Crippen LogP) is 2.05. The summed E-state index contributed by atoms with van der Waals surface area (Å²) in [4.78, 5) is 41.0. The van der Waals surface area contributed by atoms with E-state index in [2.05, 4.69) is 0 Å². The van der Waals surface area contributed by atoms with Crippen LogP contribution >= 0.6 is 0 Å². The topological polar surface area (TPSA) is 92.9 Å². The highest BCUT2D eigenvalue weighted by atomic mass is 16.5. The third-order valence-corrected chi connectivity index (χ3v) is 5.38. The number of ether oxygens (including phenoxy) is 1. The van der Waals surface area contributed by atoms with E-state index in [-0.39, 0.29) is 23.8 Å². The second kappa shape index (κ2) is 9.30. The first kappa shape index (κ1) is 20.5. The van der Waals surface area contributed by atoms with E-state index in [9.17, 15) is 14.4 Å². The fraction of sp³-hybridized carbons (Fsp3) is 0.571. The molecule has 3 rings (SSSR count). The third-order valence-electron chi connectivity index (χ3n) is 5.38. The number of fused-ring (bicyclic) bond motifs is 1. The molecule has 152 valence electrons. The van der Waals surface area contributed by atoms with Gasteiger partial charge < -0.3 is 15.4 Å². The van der Waals surface area contributed by atoms with Crippen molar-refractivity contribution in [1.29, 1.82) is 0 Å². The minimum absolute atomic E-state index is 0.101. The molecule has 1 fully saturated rings. The summed E-state index contributed by atoms with van der Waals surface area (Å²) >= 11 is 0. The van der Waals surface area contributed by atoms with Crippen molar-refractivity contribution in [3.63, 3.8) is 0 Å². The fourth-order valence-electron chi connectivity index (χ4n) is 3.68. The monoisotopic (exact) mass is 387 g/mol. The van der Waals surface area contributed by atoms with E-state index in [1.807, 2.05) is 6.92 Å². The van der Waals surface area contributed by atoms with Crippen LogP contribution in [0.4, 0.5) is 0 Å². The summed E-state index contributed by atoms with van der Waals surface area (Å²) in [6, 6.07) is 4.84. The largest absolute Gasteiger partial charge is 0.378 e. The van der Waals surface area contributed by atoms with Crippen molar-refractivity contribution in [2.24, 2.45) is 5.73 Å². The van der Waals surface area contributed by atoms with E-state index in [0.717, 1.165) is 32.1 Å². The zero-order valence-corrected chi connectivity index (χ0v) is 16.5. The van der Waals surface area contributed by atoms with E-state index >= 15 is 0 Å². The lowest BCUT2D eigenvalue weighted by atomic mass is 10.0. The number of rotatable bonds is 8. The molecule has 0 aromatic heterocycles. The van der Waals surface area contributed by atoms with Gasteiger partial charge in [0.1, 0.15) is 0 Å². The molecule has 0 radical (unpaired) electrons. The number of nitrogens with two attached hydrogens (primary N) is 1. The van der Waals surface area contributed by atoms with Crippen LogP contribution in [0.5, 0.6) is 0 Å². The predicted molar refractivity (Wildman–Crippen MR) is 105 cm³/mol. The van der Waals surface area contributed by atoms with Crippen LogP contribution < -0.4 is 5.73 Å². The van der Waals surface area contributed by atoms with Gasteiger partial charge in [-0.05, 0) is 50.4 Å². The Morgan fingerprint density at radius 3 is 2.54 bits per heavy atom. The Labute approximate surface area is 165 Å². The van der Waals surface area contributed by atoms with Crippen LogP contribution in [-0.4, -0.2) is 66.4 Å². The fourth-order valence-corrected chi connectivity index (χ4v) is 3.68. The van der Waals surface area contributed by atoms with Crippen molar-refractivity contribution in [3.8, 4) is 0 Å². The van der Waals surface area contributed by atoms with Gasteiger partial charge in [0.15, 0.2) is 0 Å². The Kier molecular flexibility index (Phi) is 6.80. The van der Waals surface area contributed by atoms with Gasteiger partial charge in [0, 0.05) is 31.8 Å². The van der Waals surface area contributed by atoms with Gasteiger partial charge in [-0.3, -0.25) is 19.3 Å². The summed E-state index contributed by atoms with van der Waals surface area (Å²) in [7, 11) is 0. The van der Waals surface area contributed by atoms with Crippen LogP contribution in [0.3, 0.4) is 0 Å². The number of imide groups is 1. The quantitative estimate of drug-likeness (QED) is 0.544. The molecule has 2 aliphatic heterocycles. The van der Waals surface area contributed by atoms with Gasteiger partial charge in [0.05, 0.1) is 17.2 Å². The highest BCUT2D eigenvalue weighted by molar-refractivity contribution is 6.22. The number of benzene rings is 1. The van der Waals surface area contributed by atoms with Crippen LogP contribution in [-0.2, 0) is 4.74 Å². The van der Waals surface area contributed by atoms with Crippen molar-refractivity contribution >= 4 is 17.7 Å². The summed E-state index contributed by atoms with van der Waals surface area (Å²) in [6.07, 6.45) is 4.29. The Bertz CT molecular complexity index is 741. The number of unbranched alkanes of at least 4 members (excludes halogenated alkanes) is 1. The van der Waals surface area contributed by atoms with E-state index < -0.39 is 0 Å². The summed E-state index contributed by atoms with van der Waals surface area (Å²) in [5, 5.41) is 0. The van der Waals surface area contributed by atoms with Gasteiger partial charge >= 0.3 is 0 Å². The summed E-state index contributed by atoms with van der Waals surface area (Å²) in [6.45, 7) is 4.96. The molecule has 2 heterocycles. The molecule has 7 nitrogen and oxygen atoms in total. The minimum atomic E-state index is -0.296. The molecule has 0 aliphatic carbocycles. The van der Waals surface area contributed by atoms with E-state index in [4.69, 9.17) is 10.5 Å². The zero-order chi connectivity index (χ0) is 20.1. The summed E-state index contributed by atoms with van der Waals surface area (Å²) < 4.78 is 5.78. The summed E-state index contributed by atoms with van der Waals surface area (Å²) in [5.74, 6) is -0.659. The smallest absolute Gasteiger partial charge is 0.261 e. The number of likely N-dealkylation sites (tertiary alicyclic amines) is 1. The average molecular weight is 387 g/mol. The number of carbonyl (C=O) groups excluding carboxylic acids is 3. The maximum absolute atomic E-state index is 12.9. The van der Waals surface area contributed by atoms with Gasteiger partial charge in [-0.2, -0.15) is 0 Å². The van der Waals surface area contributed by atoms with E-state index in [1.165, 1.54) is 4.90 Å². The Morgan fingerprint density at radius 2 is 1.86 bits per heavy atom. The molecule has 2 N–H and O–H groups in total. The summed E-state index contributed by atoms with van der Waals surface area (Å²) in [5.41, 5.74) is 6.67. The first-order valence-electron chi connectivity index (χ1n) is 10.2. The highest BCUT2D eigenvalue weighted by Gasteiger charge is 2.36. The number of nitrogens with zero attached hydrogens (tertiary/aromatic N) is 2. The number of hydrogen-bond acceptors (Lipinski definition) is 5. The molecular formula is C21H29N3O4. The molecule has 28 heavy (non-hydrogen) atoms. The average Bonchev–Trinajstić information content (AvgIpc) is 2.96. The van der Waals surface area contributed by atoms with Crippen molar-refractivity contribution in [2.45, 2.75) is 45.1 Å². The van der Waals surface area contributed by atoms with Crippen LogP contribution in [0.15, 0.2) is 18.2 Å². The van der Waals surface area contributed by atoms with Gasteiger partial charge in [-0.25, -0.2) is 0 Å². The van der Waals surface area contributed by atoms with E-state index in [0.29, 0.717) is 49.5 Å². The third kappa shape index (κ3) is 4.25. The van der Waals surface area contributed by atoms with Crippen LogP contribution in [0.2, 0.25) is 0 Å². The molecular weight excluding hydrogens is 358 g/mol. The van der Waals surface area contributed by atoms with Gasteiger partial charge in [-0.1, -0.05) is 13.3 Å².